The van der Waals surface area contributed by atoms with Crippen molar-refractivity contribution >= 4 is 41.1 Å². The van der Waals surface area contributed by atoms with Gasteiger partial charge in [0.05, 0.1) is 24.1 Å². The Labute approximate surface area is 278 Å². The first-order chi connectivity index (χ1) is 18.1. The van der Waals surface area contributed by atoms with Crippen LogP contribution in [0.4, 0.5) is 17.1 Å². The summed E-state index contributed by atoms with van der Waals surface area (Å²) in [6, 6.07) is 32.2. The molecule has 4 aromatic carbocycles. The fourth-order valence-electron chi connectivity index (χ4n) is 3.67. The van der Waals surface area contributed by atoms with Gasteiger partial charge in [-0.1, -0.05) is 66.7 Å². The molecule has 0 saturated carbocycles. The third-order valence-corrected chi connectivity index (χ3v) is 6.60. The average molecular weight is 586 g/mol. The van der Waals surface area contributed by atoms with Crippen LogP contribution in [0.3, 0.4) is 0 Å². The van der Waals surface area contributed by atoms with Gasteiger partial charge in [-0.2, -0.15) is 8.67 Å². The minimum absolute atomic E-state index is 0. The van der Waals surface area contributed by atoms with Gasteiger partial charge in [0, 0.05) is 17.1 Å². The predicted molar refractivity (Wildman–Crippen MR) is 136 cm³/mol. The van der Waals surface area contributed by atoms with Crippen molar-refractivity contribution in [1.82, 2.24) is 0 Å². The van der Waals surface area contributed by atoms with Gasteiger partial charge >= 0.3 is 59.1 Å². The molecule has 39 heavy (non-hydrogen) atoms. The van der Waals surface area contributed by atoms with Gasteiger partial charge in [0.2, 0.25) is 0 Å². The van der Waals surface area contributed by atoms with Gasteiger partial charge in [0.1, 0.15) is 0 Å². The first-order valence-corrected chi connectivity index (χ1v) is 12.5. The summed E-state index contributed by atoms with van der Waals surface area (Å²) in [5.74, 6) is 0. The normalized spacial score (nSPS) is 12.1. The molecule has 192 valence electrons. The van der Waals surface area contributed by atoms with Crippen LogP contribution in [0.2, 0.25) is 0 Å². The van der Waals surface area contributed by atoms with Gasteiger partial charge in [0.15, 0.2) is 10.9 Å². The third-order valence-electron chi connectivity index (χ3n) is 5.42. The number of hydrogen-bond acceptors (Lipinski definition) is 11. The summed E-state index contributed by atoms with van der Waals surface area (Å²) in [4.78, 5) is 2.00. The molecule has 0 amide bonds. The van der Waals surface area contributed by atoms with Gasteiger partial charge in [-0.25, -0.2) is 0 Å². The fraction of sp³-hybridized carbons (Fsp3) is 0.0769. The second-order valence-corrected chi connectivity index (χ2v) is 9.15. The van der Waals surface area contributed by atoms with Crippen LogP contribution >= 0.6 is 24.1 Å². The van der Waals surface area contributed by atoms with E-state index in [1.165, 1.54) is 0 Å². The number of benzene rings is 4. The quantitative estimate of drug-likeness (QED) is 0.0667. The number of aliphatic hydroxyl groups excluding tert-OH is 2. The van der Waals surface area contributed by atoms with E-state index < -0.39 is 10.9 Å². The first-order valence-electron chi connectivity index (χ1n) is 10.9. The molecule has 0 radical (unpaired) electrons. The van der Waals surface area contributed by atoms with Gasteiger partial charge < -0.3 is 25.6 Å². The van der Waals surface area contributed by atoms with Crippen molar-refractivity contribution in [3.05, 3.63) is 114 Å². The zero-order valence-electron chi connectivity index (χ0n) is 21.1. The molecule has 4 rings (SSSR count). The van der Waals surface area contributed by atoms with Crippen LogP contribution in [0, 0.1) is 0 Å². The Morgan fingerprint density at radius 3 is 1.28 bits per heavy atom. The van der Waals surface area contributed by atoms with Crippen LogP contribution in [0.15, 0.2) is 103 Å². The summed E-state index contributed by atoms with van der Waals surface area (Å²) in [5.41, 5.74) is 3.43. The Kier molecular flexibility index (Phi) is 15.6. The van der Waals surface area contributed by atoms with Gasteiger partial charge in [-0.05, 0) is 58.7 Å². The van der Waals surface area contributed by atoms with E-state index >= 15 is 0 Å². The molecule has 2 N–H and O–H groups in total. The Balaban J connectivity index is 0.00000267. The van der Waals surface area contributed by atoms with Crippen molar-refractivity contribution in [2.45, 2.75) is 10.9 Å². The van der Waals surface area contributed by atoms with E-state index in [-0.39, 0.29) is 59.1 Å². The molecule has 0 aliphatic rings. The van der Waals surface area contributed by atoms with Crippen molar-refractivity contribution in [3.8, 4) is 11.1 Å². The Morgan fingerprint density at radius 1 is 0.538 bits per heavy atom. The maximum Gasteiger partial charge on any atom is 1.00 e. The Hall–Kier alpha value is -0.940. The molecule has 0 aliphatic heterocycles. The number of nitrogens with zero attached hydrogens (tertiary/aromatic N) is 1. The van der Waals surface area contributed by atoms with Crippen molar-refractivity contribution < 1.29 is 98.6 Å². The summed E-state index contributed by atoms with van der Waals surface area (Å²) in [6.45, 7) is 0. The molecule has 4 aromatic rings. The van der Waals surface area contributed by atoms with Crippen LogP contribution < -0.4 is 74.5 Å². The first kappa shape index (κ1) is 34.3. The maximum atomic E-state index is 10.1. The SMILES string of the molecule is [Na+].[Na+].[O-]OOSC(O)c1ccc(N(c2ccc(-c3ccccc3)cc2)c2ccc(C(O)SOO[O-])cc2)cc1. The van der Waals surface area contributed by atoms with Crippen molar-refractivity contribution in [2.75, 3.05) is 4.90 Å². The molecule has 9 nitrogen and oxygen atoms in total. The Bertz CT molecular complexity index is 1180. The van der Waals surface area contributed by atoms with Crippen molar-refractivity contribution in [1.29, 1.82) is 0 Å². The van der Waals surface area contributed by atoms with Crippen LogP contribution in [-0.4, -0.2) is 10.2 Å². The van der Waals surface area contributed by atoms with Crippen LogP contribution in [0.5, 0.6) is 0 Å². The van der Waals surface area contributed by atoms with E-state index in [1.807, 2.05) is 83.8 Å². The van der Waals surface area contributed by atoms with Crippen LogP contribution in [0.25, 0.3) is 11.1 Å². The second-order valence-electron chi connectivity index (χ2n) is 7.60. The fourth-order valence-corrected chi connectivity index (χ4v) is 4.42. The van der Waals surface area contributed by atoms with E-state index in [1.54, 1.807) is 24.3 Å². The standard InChI is InChI=1S/C26H23NO8S2.2Na/c28-25(36-34-32-30)20-8-14-23(15-9-20)27(24-16-10-21(11-17-24)26(29)37-35-33-31)22-12-6-19(7-13-22)18-4-2-1-3-5-18;;/h1-17,25-26,28-31H;;/q;2*+1/p-2. The molecule has 0 heterocycles. The molecule has 0 spiro atoms. The zero-order chi connectivity index (χ0) is 26.0. The largest absolute Gasteiger partial charge is 1.00 e. The molecule has 0 aliphatic carbocycles. The molecule has 0 fully saturated rings. The third kappa shape index (κ3) is 9.55. The topological polar surface area (TPSA) is 127 Å². The van der Waals surface area contributed by atoms with Crippen molar-refractivity contribution in [3.63, 3.8) is 0 Å². The van der Waals surface area contributed by atoms with E-state index in [0.717, 1.165) is 28.2 Å². The Morgan fingerprint density at radius 2 is 0.897 bits per heavy atom. The van der Waals surface area contributed by atoms with E-state index in [9.17, 15) is 20.7 Å². The van der Waals surface area contributed by atoms with Crippen LogP contribution in [-0.2, 0) is 18.7 Å². The molecule has 0 aromatic heterocycles. The summed E-state index contributed by atoms with van der Waals surface area (Å²) in [6.07, 6.45) is 0. The number of aliphatic hydroxyl groups is 2. The summed E-state index contributed by atoms with van der Waals surface area (Å²) in [5, 5.41) is 47.0. The van der Waals surface area contributed by atoms with Gasteiger partial charge in [0.25, 0.3) is 0 Å². The van der Waals surface area contributed by atoms with Gasteiger partial charge in [-0.15, -0.1) is 0 Å². The second kappa shape index (κ2) is 17.8. The maximum absolute atomic E-state index is 10.1. The minimum atomic E-state index is -1.11. The average Bonchev–Trinajstić information content (AvgIpc) is 2.96. The molecule has 2 unspecified atom stereocenters. The molecule has 2 atom stereocenters. The number of hydrogen-bond donors (Lipinski definition) is 2. The van der Waals surface area contributed by atoms with Crippen LogP contribution in [0.1, 0.15) is 22.0 Å². The zero-order valence-corrected chi connectivity index (χ0v) is 26.7. The monoisotopic (exact) mass is 585 g/mol. The van der Waals surface area contributed by atoms with Gasteiger partial charge in [-0.3, -0.25) is 10.1 Å². The molecular formula is C26H21NNa2O8S2. The molecule has 0 bridgehead atoms. The number of anilines is 3. The number of rotatable bonds is 12. The summed E-state index contributed by atoms with van der Waals surface area (Å²) >= 11 is 0.977. The summed E-state index contributed by atoms with van der Waals surface area (Å²) < 4.78 is 8.43. The molecule has 0 saturated heterocycles. The molecule has 13 heteroatoms. The molecular weight excluding hydrogens is 564 g/mol. The predicted octanol–water partition coefficient (Wildman–Crippen LogP) is -1.44. The van der Waals surface area contributed by atoms with E-state index in [4.69, 9.17) is 0 Å². The van der Waals surface area contributed by atoms with Crippen molar-refractivity contribution in [2.24, 2.45) is 0 Å². The smallest absolute Gasteiger partial charge is 0.691 e. The van der Waals surface area contributed by atoms with E-state index in [2.05, 4.69) is 18.7 Å². The van der Waals surface area contributed by atoms with E-state index in [0.29, 0.717) is 35.2 Å². The minimum Gasteiger partial charge on any atom is -0.691 e. The summed E-state index contributed by atoms with van der Waals surface area (Å²) in [7, 11) is 0.